The van der Waals surface area contributed by atoms with Crippen LogP contribution in [-0.4, -0.2) is 47.8 Å². The van der Waals surface area contributed by atoms with Gasteiger partial charge in [0, 0.05) is 55.0 Å². The highest BCUT2D eigenvalue weighted by molar-refractivity contribution is 6.33. The summed E-state index contributed by atoms with van der Waals surface area (Å²) in [4.78, 5) is 39.2. The first kappa shape index (κ1) is 22.6. The maximum absolute atomic E-state index is 12.5. The zero-order valence-corrected chi connectivity index (χ0v) is 18.5. The minimum atomic E-state index is -0.544. The van der Waals surface area contributed by atoms with Gasteiger partial charge in [-0.1, -0.05) is 38.4 Å². The van der Waals surface area contributed by atoms with Crippen LogP contribution in [0, 0.1) is 15.5 Å². The lowest BCUT2D eigenvalue weighted by Gasteiger charge is -2.39. The molecule has 0 bridgehead atoms. The van der Waals surface area contributed by atoms with Gasteiger partial charge in [0.15, 0.2) is 0 Å². The van der Waals surface area contributed by atoms with E-state index in [-0.39, 0.29) is 17.2 Å². The monoisotopic (exact) mass is 444 g/mol. The number of carbonyl (C=O) groups is 2. The van der Waals surface area contributed by atoms with Crippen LogP contribution in [-0.2, 0) is 4.79 Å². The van der Waals surface area contributed by atoms with Crippen molar-refractivity contribution in [3.63, 3.8) is 0 Å². The van der Waals surface area contributed by atoms with E-state index in [9.17, 15) is 19.7 Å². The van der Waals surface area contributed by atoms with Gasteiger partial charge >= 0.3 is 0 Å². The molecule has 2 aromatic rings. The van der Waals surface area contributed by atoms with Gasteiger partial charge in [-0.2, -0.15) is 0 Å². The molecule has 1 aliphatic heterocycles. The first-order valence-electron chi connectivity index (χ1n) is 9.96. The number of amides is 2. The van der Waals surface area contributed by atoms with Crippen molar-refractivity contribution in [2.24, 2.45) is 5.41 Å². The van der Waals surface area contributed by atoms with E-state index >= 15 is 0 Å². The lowest BCUT2D eigenvalue weighted by Crippen LogP contribution is -2.51. The van der Waals surface area contributed by atoms with Gasteiger partial charge in [-0.25, -0.2) is 0 Å². The molecule has 2 amide bonds. The van der Waals surface area contributed by atoms with Crippen molar-refractivity contribution >= 4 is 40.5 Å². The van der Waals surface area contributed by atoms with Crippen LogP contribution in [0.1, 0.15) is 31.1 Å². The predicted octanol–water partition coefficient (Wildman–Crippen LogP) is 4.20. The number of anilines is 2. The number of rotatable bonds is 4. The molecule has 0 saturated carbocycles. The highest BCUT2D eigenvalue weighted by Crippen LogP contribution is 2.30. The summed E-state index contributed by atoms with van der Waals surface area (Å²) in [5, 5.41) is 14.1. The average Bonchev–Trinajstić information content (AvgIpc) is 2.73. The van der Waals surface area contributed by atoms with Crippen LogP contribution in [0.2, 0.25) is 5.02 Å². The number of benzene rings is 2. The lowest BCUT2D eigenvalue weighted by molar-refractivity contribution is -0.384. The van der Waals surface area contributed by atoms with Gasteiger partial charge in [0.1, 0.15) is 0 Å². The minimum Gasteiger partial charge on any atom is -0.367 e. The number of nitro benzene ring substituents is 1. The molecule has 9 heteroatoms. The Labute approximate surface area is 185 Å². The third-order valence-corrected chi connectivity index (χ3v) is 5.38. The van der Waals surface area contributed by atoms with Crippen molar-refractivity contribution in [2.75, 3.05) is 36.4 Å². The smallest absolute Gasteiger partial charge is 0.270 e. The zero-order valence-electron chi connectivity index (χ0n) is 17.7. The topological polar surface area (TPSA) is 95.8 Å². The number of non-ortho nitro benzene ring substituents is 1. The summed E-state index contributed by atoms with van der Waals surface area (Å²) < 4.78 is 0. The standard InChI is InChI=1S/C22H25ClN4O4/c1-22(2,3)21(29)26-11-9-25(10-12-26)19-8-7-16(14-18(19)23)24-20(28)15-5-4-6-17(13-15)27(30)31/h4-8,13-14H,9-12H2,1-3H3,(H,24,28). The second kappa shape index (κ2) is 8.93. The molecule has 0 radical (unpaired) electrons. The molecule has 0 unspecified atom stereocenters. The fourth-order valence-electron chi connectivity index (χ4n) is 3.43. The summed E-state index contributed by atoms with van der Waals surface area (Å²) in [5.41, 5.74) is 0.961. The molecule has 1 heterocycles. The van der Waals surface area contributed by atoms with Gasteiger partial charge in [-0.15, -0.1) is 0 Å². The molecule has 1 aliphatic rings. The predicted molar refractivity (Wildman–Crippen MR) is 121 cm³/mol. The Morgan fingerprint density at radius 2 is 1.74 bits per heavy atom. The Kier molecular flexibility index (Phi) is 6.50. The van der Waals surface area contributed by atoms with Crippen molar-refractivity contribution < 1.29 is 14.5 Å². The van der Waals surface area contributed by atoms with Gasteiger partial charge in [0.25, 0.3) is 11.6 Å². The quantitative estimate of drug-likeness (QED) is 0.563. The molecule has 1 N–H and O–H groups in total. The summed E-state index contributed by atoms with van der Waals surface area (Å²) in [5.74, 6) is -0.320. The van der Waals surface area contributed by atoms with Gasteiger partial charge in [0.2, 0.25) is 5.91 Å². The molecule has 8 nitrogen and oxygen atoms in total. The normalized spacial score (nSPS) is 14.3. The van der Waals surface area contributed by atoms with E-state index < -0.39 is 16.2 Å². The Morgan fingerprint density at radius 1 is 1.06 bits per heavy atom. The molecular formula is C22H25ClN4O4. The van der Waals surface area contributed by atoms with E-state index in [1.807, 2.05) is 31.7 Å². The van der Waals surface area contributed by atoms with Gasteiger partial charge in [-0.3, -0.25) is 19.7 Å². The zero-order chi connectivity index (χ0) is 22.8. The van der Waals surface area contributed by atoms with Gasteiger partial charge < -0.3 is 15.1 Å². The van der Waals surface area contributed by atoms with E-state index in [0.29, 0.717) is 36.9 Å². The number of piperazine rings is 1. The fraction of sp³-hybridized carbons (Fsp3) is 0.364. The Balaban J connectivity index is 1.66. The number of nitrogens with one attached hydrogen (secondary N) is 1. The molecule has 0 atom stereocenters. The van der Waals surface area contributed by atoms with Crippen molar-refractivity contribution in [2.45, 2.75) is 20.8 Å². The molecule has 0 aliphatic carbocycles. The molecule has 1 saturated heterocycles. The first-order valence-corrected chi connectivity index (χ1v) is 10.3. The SMILES string of the molecule is CC(C)(C)C(=O)N1CCN(c2ccc(NC(=O)c3cccc([N+](=O)[O-])c3)cc2Cl)CC1. The number of hydrogen-bond donors (Lipinski definition) is 1. The van der Waals surface area contributed by atoms with Crippen LogP contribution in [0.25, 0.3) is 0 Å². The second-order valence-corrected chi connectivity index (χ2v) is 8.86. The minimum absolute atomic E-state index is 0.137. The summed E-state index contributed by atoms with van der Waals surface area (Å²) in [6.07, 6.45) is 0. The summed E-state index contributed by atoms with van der Waals surface area (Å²) in [6.45, 7) is 8.33. The van der Waals surface area contributed by atoms with Crippen molar-refractivity contribution in [3.8, 4) is 0 Å². The average molecular weight is 445 g/mol. The molecule has 1 fully saturated rings. The van der Waals surface area contributed by atoms with Crippen molar-refractivity contribution in [3.05, 3.63) is 63.2 Å². The van der Waals surface area contributed by atoms with Crippen LogP contribution in [0.3, 0.4) is 0 Å². The molecule has 2 aromatic carbocycles. The number of carbonyl (C=O) groups excluding carboxylic acids is 2. The molecule has 164 valence electrons. The molecule has 0 aromatic heterocycles. The summed E-state index contributed by atoms with van der Waals surface area (Å²) in [6, 6.07) is 10.7. The maximum Gasteiger partial charge on any atom is 0.270 e. The van der Waals surface area contributed by atoms with Crippen LogP contribution in [0.15, 0.2) is 42.5 Å². The Hall–Kier alpha value is -3.13. The van der Waals surface area contributed by atoms with E-state index in [1.165, 1.54) is 24.3 Å². The van der Waals surface area contributed by atoms with Gasteiger partial charge in [0.05, 0.1) is 15.6 Å². The summed E-state index contributed by atoms with van der Waals surface area (Å²) in [7, 11) is 0. The van der Waals surface area contributed by atoms with Crippen LogP contribution in [0.4, 0.5) is 17.1 Å². The highest BCUT2D eigenvalue weighted by atomic mass is 35.5. The third kappa shape index (κ3) is 5.32. The lowest BCUT2D eigenvalue weighted by atomic mass is 9.94. The largest absolute Gasteiger partial charge is 0.367 e. The highest BCUT2D eigenvalue weighted by Gasteiger charge is 2.30. The van der Waals surface area contributed by atoms with Crippen LogP contribution >= 0.6 is 11.6 Å². The van der Waals surface area contributed by atoms with E-state index in [4.69, 9.17) is 11.6 Å². The Morgan fingerprint density at radius 3 is 2.32 bits per heavy atom. The van der Waals surface area contributed by atoms with E-state index in [2.05, 4.69) is 10.2 Å². The maximum atomic E-state index is 12.5. The van der Waals surface area contributed by atoms with E-state index in [0.717, 1.165) is 5.69 Å². The Bertz CT molecular complexity index is 1010. The van der Waals surface area contributed by atoms with Crippen molar-refractivity contribution in [1.29, 1.82) is 0 Å². The molecule has 3 rings (SSSR count). The van der Waals surface area contributed by atoms with Crippen LogP contribution in [0.5, 0.6) is 0 Å². The van der Waals surface area contributed by atoms with Gasteiger partial charge in [-0.05, 0) is 24.3 Å². The molecule has 31 heavy (non-hydrogen) atoms. The fourth-order valence-corrected chi connectivity index (χ4v) is 3.73. The van der Waals surface area contributed by atoms with Crippen LogP contribution < -0.4 is 10.2 Å². The molecule has 0 spiro atoms. The number of nitro groups is 1. The number of halogens is 1. The molecular weight excluding hydrogens is 420 g/mol. The third-order valence-electron chi connectivity index (χ3n) is 5.07. The summed E-state index contributed by atoms with van der Waals surface area (Å²) >= 11 is 6.47. The number of nitrogens with zero attached hydrogens (tertiary/aromatic N) is 3. The van der Waals surface area contributed by atoms with E-state index in [1.54, 1.807) is 12.1 Å². The first-order chi connectivity index (χ1) is 14.6. The second-order valence-electron chi connectivity index (χ2n) is 8.46. The number of hydrogen-bond acceptors (Lipinski definition) is 5. The van der Waals surface area contributed by atoms with Crippen molar-refractivity contribution in [1.82, 2.24) is 4.90 Å².